The lowest BCUT2D eigenvalue weighted by molar-refractivity contribution is 0.0606. The van der Waals surface area contributed by atoms with Gasteiger partial charge in [0.1, 0.15) is 4.88 Å². The normalized spacial score (nSPS) is 9.91. The molecule has 0 bridgehead atoms. The zero-order valence-corrected chi connectivity index (χ0v) is 13.0. The molecule has 1 aromatic heterocycles. The molecule has 0 spiro atoms. The van der Waals surface area contributed by atoms with Crippen LogP contribution >= 0.6 is 22.9 Å². The van der Waals surface area contributed by atoms with E-state index in [-0.39, 0.29) is 4.88 Å². The molecule has 0 saturated heterocycles. The van der Waals surface area contributed by atoms with Gasteiger partial charge in [-0.2, -0.15) is 0 Å². The number of amides is 2. The summed E-state index contributed by atoms with van der Waals surface area (Å²) in [6, 6.07) is 9.15. The Morgan fingerprint density at radius 2 is 1.55 bits per heavy atom. The Hall–Kier alpha value is -2.38. The molecule has 22 heavy (non-hydrogen) atoms. The van der Waals surface area contributed by atoms with Gasteiger partial charge in [-0.1, -0.05) is 11.6 Å². The standard InChI is InChI=1S/C14H11ClN2O4S/c1-21-14(20)11-7-6-10(22-11)13(19)17-16-12(18)8-2-4-9(15)5-3-8/h2-7H,1H3,(H,16,18)(H,17,19). The molecule has 0 saturated carbocycles. The number of hydrogen-bond acceptors (Lipinski definition) is 5. The van der Waals surface area contributed by atoms with Crippen molar-refractivity contribution < 1.29 is 19.1 Å². The van der Waals surface area contributed by atoms with Crippen LogP contribution in [0, 0.1) is 0 Å². The number of carbonyl (C=O) groups is 3. The number of hydrogen-bond donors (Lipinski definition) is 2. The predicted octanol–water partition coefficient (Wildman–Crippen LogP) is 2.26. The number of carbonyl (C=O) groups excluding carboxylic acids is 3. The highest BCUT2D eigenvalue weighted by Crippen LogP contribution is 2.17. The van der Waals surface area contributed by atoms with Crippen LogP contribution in [0.5, 0.6) is 0 Å². The van der Waals surface area contributed by atoms with Gasteiger partial charge in [0.25, 0.3) is 11.8 Å². The number of thiophene rings is 1. The first-order valence-electron chi connectivity index (χ1n) is 6.05. The average Bonchev–Trinajstić information content (AvgIpc) is 3.02. The largest absolute Gasteiger partial charge is 0.465 e. The highest BCUT2D eigenvalue weighted by atomic mass is 35.5. The fourth-order valence-electron chi connectivity index (χ4n) is 1.52. The summed E-state index contributed by atoms with van der Waals surface area (Å²) in [5, 5.41) is 0.509. The Labute approximate surface area is 135 Å². The summed E-state index contributed by atoms with van der Waals surface area (Å²) in [6.07, 6.45) is 0. The van der Waals surface area contributed by atoms with Gasteiger partial charge in [-0.3, -0.25) is 20.4 Å². The topological polar surface area (TPSA) is 84.5 Å². The van der Waals surface area contributed by atoms with Gasteiger partial charge in [0.15, 0.2) is 0 Å². The monoisotopic (exact) mass is 338 g/mol. The van der Waals surface area contributed by atoms with Gasteiger partial charge in [0.2, 0.25) is 0 Å². The molecule has 2 N–H and O–H groups in total. The van der Waals surface area contributed by atoms with Crippen molar-refractivity contribution >= 4 is 40.7 Å². The molecule has 0 fully saturated rings. The molecule has 0 aliphatic rings. The second-order valence-electron chi connectivity index (χ2n) is 4.07. The molecule has 8 heteroatoms. The lowest BCUT2D eigenvalue weighted by atomic mass is 10.2. The Bertz CT molecular complexity index is 712. The van der Waals surface area contributed by atoms with Gasteiger partial charge in [-0.05, 0) is 36.4 Å². The molecule has 2 aromatic rings. The third kappa shape index (κ3) is 3.84. The fraction of sp³-hybridized carbons (Fsp3) is 0.0714. The summed E-state index contributed by atoms with van der Waals surface area (Å²) in [7, 11) is 1.26. The molecule has 0 atom stereocenters. The average molecular weight is 339 g/mol. The lowest BCUT2D eigenvalue weighted by Crippen LogP contribution is -2.41. The molecule has 0 radical (unpaired) electrons. The number of hydrazine groups is 1. The van der Waals surface area contributed by atoms with Gasteiger partial charge in [-0.25, -0.2) is 4.79 Å². The third-order valence-electron chi connectivity index (χ3n) is 2.61. The number of nitrogens with one attached hydrogen (secondary N) is 2. The first kappa shape index (κ1) is 16.0. The maximum Gasteiger partial charge on any atom is 0.348 e. The van der Waals surface area contributed by atoms with Crippen LogP contribution in [0.1, 0.15) is 29.7 Å². The van der Waals surface area contributed by atoms with Crippen LogP contribution < -0.4 is 10.9 Å². The Balaban J connectivity index is 1.95. The van der Waals surface area contributed by atoms with Gasteiger partial charge in [0.05, 0.1) is 12.0 Å². The Morgan fingerprint density at radius 3 is 2.18 bits per heavy atom. The number of methoxy groups -OCH3 is 1. The van der Waals surface area contributed by atoms with Crippen LogP contribution in [0.25, 0.3) is 0 Å². The predicted molar refractivity (Wildman–Crippen MR) is 82.0 cm³/mol. The van der Waals surface area contributed by atoms with Crippen molar-refractivity contribution in [3.63, 3.8) is 0 Å². The van der Waals surface area contributed by atoms with E-state index in [1.165, 1.54) is 31.4 Å². The van der Waals surface area contributed by atoms with E-state index in [2.05, 4.69) is 15.6 Å². The number of ether oxygens (including phenoxy) is 1. The molecule has 1 heterocycles. The van der Waals surface area contributed by atoms with Crippen molar-refractivity contribution in [3.05, 3.63) is 56.7 Å². The van der Waals surface area contributed by atoms with Crippen molar-refractivity contribution in [2.24, 2.45) is 0 Å². The van der Waals surface area contributed by atoms with E-state index in [4.69, 9.17) is 11.6 Å². The lowest BCUT2D eigenvalue weighted by Gasteiger charge is -2.06. The number of halogens is 1. The number of benzene rings is 1. The summed E-state index contributed by atoms with van der Waals surface area (Å²) in [4.78, 5) is 35.6. The molecule has 2 rings (SSSR count). The van der Waals surface area contributed by atoms with Crippen molar-refractivity contribution in [1.29, 1.82) is 0 Å². The molecule has 1 aromatic carbocycles. The van der Waals surface area contributed by atoms with Crippen molar-refractivity contribution in [2.45, 2.75) is 0 Å². The van der Waals surface area contributed by atoms with E-state index in [0.717, 1.165) is 11.3 Å². The number of esters is 1. The number of rotatable bonds is 3. The van der Waals surface area contributed by atoms with Crippen LogP contribution in [-0.4, -0.2) is 24.9 Å². The van der Waals surface area contributed by atoms with Crippen LogP contribution in [-0.2, 0) is 4.74 Å². The second kappa shape index (κ2) is 7.06. The summed E-state index contributed by atoms with van der Waals surface area (Å²) in [6.45, 7) is 0. The van der Waals surface area contributed by atoms with Crippen LogP contribution in [0.4, 0.5) is 0 Å². The molecular weight excluding hydrogens is 328 g/mol. The van der Waals surface area contributed by atoms with E-state index in [1.54, 1.807) is 12.1 Å². The second-order valence-corrected chi connectivity index (χ2v) is 5.59. The first-order valence-corrected chi connectivity index (χ1v) is 7.25. The quantitative estimate of drug-likeness (QED) is 0.664. The van der Waals surface area contributed by atoms with Crippen LogP contribution in [0.2, 0.25) is 5.02 Å². The van der Waals surface area contributed by atoms with Crippen LogP contribution in [0.15, 0.2) is 36.4 Å². The minimum atomic E-state index is -0.525. The molecule has 0 unspecified atom stereocenters. The van der Waals surface area contributed by atoms with Gasteiger partial charge >= 0.3 is 5.97 Å². The molecule has 114 valence electrons. The SMILES string of the molecule is COC(=O)c1ccc(C(=O)NNC(=O)c2ccc(Cl)cc2)s1. The van der Waals surface area contributed by atoms with E-state index < -0.39 is 17.8 Å². The summed E-state index contributed by atoms with van der Waals surface area (Å²) >= 11 is 6.69. The van der Waals surface area contributed by atoms with E-state index in [9.17, 15) is 14.4 Å². The highest BCUT2D eigenvalue weighted by Gasteiger charge is 2.14. The summed E-state index contributed by atoms with van der Waals surface area (Å²) in [5.41, 5.74) is 4.90. The van der Waals surface area contributed by atoms with E-state index >= 15 is 0 Å². The maximum atomic E-state index is 11.9. The Morgan fingerprint density at radius 1 is 0.955 bits per heavy atom. The van der Waals surface area contributed by atoms with Crippen molar-refractivity contribution in [2.75, 3.05) is 7.11 Å². The smallest absolute Gasteiger partial charge is 0.348 e. The van der Waals surface area contributed by atoms with Crippen molar-refractivity contribution in [1.82, 2.24) is 10.9 Å². The van der Waals surface area contributed by atoms with Crippen LogP contribution in [0.3, 0.4) is 0 Å². The fourth-order valence-corrected chi connectivity index (χ4v) is 2.46. The zero-order chi connectivity index (χ0) is 16.1. The molecule has 0 aliphatic heterocycles. The highest BCUT2D eigenvalue weighted by molar-refractivity contribution is 7.15. The minimum Gasteiger partial charge on any atom is -0.465 e. The summed E-state index contributed by atoms with van der Waals surface area (Å²) < 4.78 is 4.55. The van der Waals surface area contributed by atoms with Gasteiger partial charge < -0.3 is 4.74 Å². The van der Waals surface area contributed by atoms with E-state index in [1.807, 2.05) is 0 Å². The first-order chi connectivity index (χ1) is 10.5. The third-order valence-corrected chi connectivity index (χ3v) is 3.93. The zero-order valence-electron chi connectivity index (χ0n) is 11.4. The van der Waals surface area contributed by atoms with Gasteiger partial charge in [0, 0.05) is 10.6 Å². The molecular formula is C14H11ClN2O4S. The van der Waals surface area contributed by atoms with E-state index in [0.29, 0.717) is 15.5 Å². The molecule has 2 amide bonds. The van der Waals surface area contributed by atoms with Crippen molar-refractivity contribution in [3.8, 4) is 0 Å². The molecule has 0 aliphatic carbocycles. The maximum absolute atomic E-state index is 11.9. The Kier molecular flexibility index (Phi) is 5.13. The molecule has 6 nitrogen and oxygen atoms in total. The van der Waals surface area contributed by atoms with Gasteiger partial charge in [-0.15, -0.1) is 11.3 Å². The minimum absolute atomic E-state index is 0.275. The summed E-state index contributed by atoms with van der Waals surface area (Å²) in [5.74, 6) is -1.52.